The van der Waals surface area contributed by atoms with Crippen molar-refractivity contribution in [3.05, 3.63) is 0 Å². The minimum Gasteiger partial charge on any atom is -0.870 e. The van der Waals surface area contributed by atoms with Crippen molar-refractivity contribution < 1.29 is 149 Å². The van der Waals surface area contributed by atoms with E-state index in [1.54, 1.807) is 0 Å². The first-order valence-electron chi connectivity index (χ1n) is 0. The van der Waals surface area contributed by atoms with Crippen LogP contribution in [0.4, 0.5) is 0 Å². The Hall–Kier alpha value is 4.02. The van der Waals surface area contributed by atoms with Gasteiger partial charge in [0.05, 0.1) is 0 Å². The molecule has 0 aliphatic heterocycles. The zero-order valence-corrected chi connectivity index (χ0v) is 15.5. The Labute approximate surface area is 143 Å². The molecule has 16 valence electrons. The molecule has 0 atom stereocenters. The van der Waals surface area contributed by atoms with Crippen molar-refractivity contribution >= 4 is 0 Å². The van der Waals surface area contributed by atoms with E-state index < -0.39 is 0 Å². The van der Waals surface area contributed by atoms with Gasteiger partial charge in [-0.15, -0.1) is 0 Å². The topological polar surface area (TPSA) is 60.0 Å². The predicted octanol–water partition coefficient (Wildman–Crippen LogP) is -6.35. The summed E-state index contributed by atoms with van der Waals surface area (Å²) in [5.41, 5.74) is 0. The summed E-state index contributed by atoms with van der Waals surface area (Å²) in [5, 5.41) is 0. The molecule has 0 amide bonds. The first-order valence-corrected chi connectivity index (χ1v) is 0. The zero-order chi connectivity index (χ0) is 0. The Bertz CT molecular complexity index is 4.00. The van der Waals surface area contributed by atoms with Gasteiger partial charge in [-0.25, -0.2) is 0 Å². The standard InChI is InChI=1S/2Cs.2H2O/h;;2*1H2/q2*+1;;/p-2. The van der Waals surface area contributed by atoms with Crippen LogP contribution in [0.25, 0.3) is 0 Å². The molecule has 0 bridgehead atoms. The average Bonchev–Trinajstić information content (AvgIpc) is 0. The van der Waals surface area contributed by atoms with Crippen molar-refractivity contribution in [2.75, 3.05) is 0 Å². The van der Waals surface area contributed by atoms with Crippen LogP contribution in [0.15, 0.2) is 0 Å². The quantitative estimate of drug-likeness (QED) is 0.447. The fourth-order valence-corrected chi connectivity index (χ4v) is 0. The summed E-state index contributed by atoms with van der Waals surface area (Å²) in [7, 11) is 0. The molecule has 0 aromatic heterocycles. The van der Waals surface area contributed by atoms with Gasteiger partial charge in [-0.1, -0.05) is 0 Å². The fourth-order valence-electron chi connectivity index (χ4n) is 0. The van der Waals surface area contributed by atoms with E-state index in [1.165, 1.54) is 0 Å². The summed E-state index contributed by atoms with van der Waals surface area (Å²) in [5.74, 6) is 0. The molecule has 0 aromatic rings. The largest absolute Gasteiger partial charge is 1.00 e. The average molecular weight is 300 g/mol. The molecule has 0 aliphatic rings. The predicted molar refractivity (Wildman–Crippen MR) is 3.87 cm³/mol. The third-order valence-electron chi connectivity index (χ3n) is 0. The fraction of sp³-hybridized carbons (Fsp3) is 0. The first-order chi connectivity index (χ1) is 0. The SMILES string of the molecule is [Cs+].[Cs+].[OH-].[OH-]. The number of hydrogen-bond donors (Lipinski definition) is 0. The van der Waals surface area contributed by atoms with Gasteiger partial charge in [0.1, 0.15) is 0 Å². The van der Waals surface area contributed by atoms with Crippen LogP contribution >= 0.6 is 0 Å². The van der Waals surface area contributed by atoms with Crippen LogP contribution in [0, 0.1) is 0 Å². The Morgan fingerprint density at radius 1 is 0.500 bits per heavy atom. The van der Waals surface area contributed by atoms with Crippen molar-refractivity contribution in [2.24, 2.45) is 0 Å². The third-order valence-corrected chi connectivity index (χ3v) is 0. The minimum atomic E-state index is 0. The van der Waals surface area contributed by atoms with Crippen molar-refractivity contribution in [3.63, 3.8) is 0 Å². The van der Waals surface area contributed by atoms with Crippen molar-refractivity contribution in [2.45, 2.75) is 0 Å². The van der Waals surface area contributed by atoms with E-state index in [0.29, 0.717) is 0 Å². The summed E-state index contributed by atoms with van der Waals surface area (Å²) < 4.78 is 0. The molecule has 2 N–H and O–H groups in total. The van der Waals surface area contributed by atoms with E-state index in [4.69, 9.17) is 0 Å². The second-order valence-corrected chi connectivity index (χ2v) is 0. The van der Waals surface area contributed by atoms with Crippen LogP contribution in [0.3, 0.4) is 0 Å². The van der Waals surface area contributed by atoms with E-state index in [2.05, 4.69) is 0 Å². The molecule has 4 heavy (non-hydrogen) atoms. The van der Waals surface area contributed by atoms with Crippen molar-refractivity contribution in [3.8, 4) is 0 Å². The smallest absolute Gasteiger partial charge is 0.870 e. The van der Waals surface area contributed by atoms with Crippen LogP contribution in [-0.2, 0) is 0 Å². The van der Waals surface area contributed by atoms with Gasteiger partial charge in [0, 0.05) is 0 Å². The van der Waals surface area contributed by atoms with Gasteiger partial charge in [0.15, 0.2) is 0 Å². The molecule has 0 saturated heterocycles. The summed E-state index contributed by atoms with van der Waals surface area (Å²) in [6.45, 7) is 0. The van der Waals surface area contributed by atoms with Gasteiger partial charge >= 0.3 is 138 Å². The maximum atomic E-state index is 0. The van der Waals surface area contributed by atoms with Gasteiger partial charge in [-0.05, 0) is 0 Å². The summed E-state index contributed by atoms with van der Waals surface area (Å²) in [6, 6.07) is 0. The molecule has 0 fully saturated rings. The first kappa shape index (κ1) is 24.4. The molecular weight excluding hydrogens is 298 g/mol. The van der Waals surface area contributed by atoms with Crippen LogP contribution < -0.4 is 138 Å². The summed E-state index contributed by atoms with van der Waals surface area (Å²) in [4.78, 5) is 0. The van der Waals surface area contributed by atoms with Gasteiger partial charge in [0.25, 0.3) is 0 Å². The second-order valence-electron chi connectivity index (χ2n) is 0. The van der Waals surface area contributed by atoms with E-state index in [9.17, 15) is 0 Å². The zero-order valence-electron chi connectivity index (χ0n) is 2.89. The van der Waals surface area contributed by atoms with Crippen LogP contribution in [0.1, 0.15) is 0 Å². The second kappa shape index (κ2) is 15.7. The maximum Gasteiger partial charge on any atom is 1.00 e. The Morgan fingerprint density at radius 2 is 0.500 bits per heavy atom. The van der Waals surface area contributed by atoms with Gasteiger partial charge in [0.2, 0.25) is 0 Å². The molecule has 0 rings (SSSR count). The molecule has 0 radical (unpaired) electrons. The van der Waals surface area contributed by atoms with Gasteiger partial charge in [-0.3, -0.25) is 0 Å². The van der Waals surface area contributed by atoms with Crippen molar-refractivity contribution in [1.29, 1.82) is 0 Å². The van der Waals surface area contributed by atoms with Gasteiger partial charge in [-0.2, -0.15) is 0 Å². The summed E-state index contributed by atoms with van der Waals surface area (Å²) in [6.07, 6.45) is 0. The van der Waals surface area contributed by atoms with Crippen LogP contribution in [0.2, 0.25) is 0 Å². The van der Waals surface area contributed by atoms with Crippen molar-refractivity contribution in [1.82, 2.24) is 0 Å². The monoisotopic (exact) mass is 300 g/mol. The van der Waals surface area contributed by atoms with Crippen LogP contribution in [-0.4, -0.2) is 11.0 Å². The molecular formula is H2Cs2O2. The van der Waals surface area contributed by atoms with Crippen LogP contribution in [0.5, 0.6) is 0 Å². The number of hydrogen-bond acceptors (Lipinski definition) is 2. The minimum absolute atomic E-state index is 0. The molecule has 0 aliphatic carbocycles. The summed E-state index contributed by atoms with van der Waals surface area (Å²) >= 11 is 0. The van der Waals surface area contributed by atoms with E-state index in [-0.39, 0.29) is 149 Å². The molecule has 0 saturated carbocycles. The van der Waals surface area contributed by atoms with E-state index in [1.807, 2.05) is 0 Å². The third kappa shape index (κ3) is 9.39. The van der Waals surface area contributed by atoms with E-state index >= 15 is 0 Å². The Morgan fingerprint density at radius 3 is 0.500 bits per heavy atom. The van der Waals surface area contributed by atoms with Gasteiger partial charge < -0.3 is 11.0 Å². The van der Waals surface area contributed by atoms with E-state index in [0.717, 1.165) is 0 Å². The maximum absolute atomic E-state index is 0. The molecule has 4 heteroatoms. The molecule has 0 unspecified atom stereocenters. The number of rotatable bonds is 0. The molecule has 0 aromatic carbocycles. The molecule has 0 spiro atoms. The molecule has 0 heterocycles. The Balaban J connectivity index is 0. The molecule has 2 nitrogen and oxygen atoms in total. The normalized spacial score (nSPS) is 0. The Kier molecular flexibility index (Phi) is 96.2.